The molecule has 0 amide bonds. The first-order chi connectivity index (χ1) is 8.79. The van der Waals surface area contributed by atoms with Crippen molar-refractivity contribution in [3.05, 3.63) is 46.4 Å². The van der Waals surface area contributed by atoms with Gasteiger partial charge in [0.25, 0.3) is 0 Å². The number of hydrogen-bond donors (Lipinski definition) is 1. The summed E-state index contributed by atoms with van der Waals surface area (Å²) in [4.78, 5) is 8.35. The Morgan fingerprint density at radius 2 is 2.28 bits per heavy atom. The number of nitrogens with one attached hydrogen (secondary N) is 1. The molecule has 1 N–H and O–H groups in total. The predicted octanol–water partition coefficient (Wildman–Crippen LogP) is 2.96. The fourth-order valence-electron chi connectivity index (χ4n) is 1.78. The first-order valence-corrected chi connectivity index (χ1v) is 6.90. The summed E-state index contributed by atoms with van der Waals surface area (Å²) in [7, 11) is 0. The van der Waals surface area contributed by atoms with Gasteiger partial charge >= 0.3 is 0 Å². The molecule has 0 aliphatic carbocycles. The molecule has 0 saturated carbocycles. The van der Waals surface area contributed by atoms with Gasteiger partial charge in [-0.25, -0.2) is 9.37 Å². The van der Waals surface area contributed by atoms with E-state index in [9.17, 15) is 4.39 Å². The normalized spacial score (nSPS) is 12.6. The van der Waals surface area contributed by atoms with Crippen LogP contribution in [0.3, 0.4) is 0 Å². The Hall–Kier alpha value is -1.33. The van der Waals surface area contributed by atoms with Gasteiger partial charge < -0.3 is 5.32 Å². The van der Waals surface area contributed by atoms with E-state index in [1.165, 1.54) is 12.3 Å². The van der Waals surface area contributed by atoms with Gasteiger partial charge in [-0.05, 0) is 18.6 Å². The third kappa shape index (κ3) is 3.58. The minimum absolute atomic E-state index is 0.172. The number of pyridine rings is 1. The second-order valence-electron chi connectivity index (χ2n) is 3.99. The van der Waals surface area contributed by atoms with Crippen LogP contribution >= 0.6 is 11.3 Å². The largest absolute Gasteiger partial charge is 0.308 e. The summed E-state index contributed by atoms with van der Waals surface area (Å²) in [5.41, 5.74) is 0.887. The Labute approximate surface area is 110 Å². The number of thiazole rings is 1. The number of aromatic nitrogens is 2. The Morgan fingerprint density at radius 3 is 2.89 bits per heavy atom. The van der Waals surface area contributed by atoms with Crippen molar-refractivity contribution in [3.8, 4) is 0 Å². The van der Waals surface area contributed by atoms with E-state index in [-0.39, 0.29) is 11.9 Å². The van der Waals surface area contributed by atoms with Crippen LogP contribution in [0.5, 0.6) is 0 Å². The average Bonchev–Trinajstić information content (AvgIpc) is 2.89. The summed E-state index contributed by atoms with van der Waals surface area (Å²) < 4.78 is 12.8. The van der Waals surface area contributed by atoms with Gasteiger partial charge in [-0.1, -0.05) is 6.92 Å². The van der Waals surface area contributed by atoms with Gasteiger partial charge in [0, 0.05) is 30.6 Å². The topological polar surface area (TPSA) is 37.8 Å². The molecule has 0 saturated heterocycles. The fraction of sp³-hybridized carbons (Fsp3) is 0.385. The van der Waals surface area contributed by atoms with Crippen LogP contribution < -0.4 is 5.32 Å². The third-order valence-electron chi connectivity index (χ3n) is 2.73. The second kappa shape index (κ2) is 6.56. The molecule has 0 fully saturated rings. The summed E-state index contributed by atoms with van der Waals surface area (Å²) in [5, 5.41) is 6.53. The molecule has 0 aliphatic heterocycles. The number of hydrogen-bond acceptors (Lipinski definition) is 4. The van der Waals surface area contributed by atoms with E-state index < -0.39 is 0 Å². The lowest BCUT2D eigenvalue weighted by Gasteiger charge is -2.15. The van der Waals surface area contributed by atoms with Crippen LogP contribution in [0, 0.1) is 5.82 Å². The third-order valence-corrected chi connectivity index (χ3v) is 3.57. The molecule has 2 rings (SSSR count). The highest BCUT2D eigenvalue weighted by molar-refractivity contribution is 7.09. The fourth-order valence-corrected chi connectivity index (χ4v) is 2.40. The van der Waals surface area contributed by atoms with Crippen molar-refractivity contribution in [2.45, 2.75) is 25.8 Å². The molecule has 18 heavy (non-hydrogen) atoms. The lowest BCUT2D eigenvalue weighted by atomic mass is 10.1. The number of nitrogens with zero attached hydrogens (tertiary/aromatic N) is 2. The molecule has 2 aromatic rings. The van der Waals surface area contributed by atoms with Crippen molar-refractivity contribution < 1.29 is 4.39 Å². The zero-order valence-corrected chi connectivity index (χ0v) is 11.1. The highest BCUT2D eigenvalue weighted by Gasteiger charge is 2.10. The molecule has 0 spiro atoms. The van der Waals surface area contributed by atoms with Crippen LogP contribution in [0.2, 0.25) is 0 Å². The van der Waals surface area contributed by atoms with Crippen LogP contribution in [-0.2, 0) is 6.42 Å². The van der Waals surface area contributed by atoms with E-state index >= 15 is 0 Å². The van der Waals surface area contributed by atoms with Gasteiger partial charge in [0.2, 0.25) is 0 Å². The average molecular weight is 265 g/mol. The first kappa shape index (κ1) is 13.1. The monoisotopic (exact) mass is 265 g/mol. The first-order valence-electron chi connectivity index (χ1n) is 6.02. The minimum Gasteiger partial charge on any atom is -0.308 e. The van der Waals surface area contributed by atoms with E-state index in [2.05, 4.69) is 22.2 Å². The van der Waals surface area contributed by atoms with E-state index in [4.69, 9.17) is 0 Å². The molecule has 96 valence electrons. The molecule has 2 aromatic heterocycles. The maximum atomic E-state index is 12.8. The van der Waals surface area contributed by atoms with Crippen molar-refractivity contribution in [1.29, 1.82) is 0 Å². The molecule has 5 heteroatoms. The van der Waals surface area contributed by atoms with Crippen molar-refractivity contribution in [2.24, 2.45) is 0 Å². The summed E-state index contributed by atoms with van der Waals surface area (Å²) in [6, 6.07) is 3.36. The zero-order valence-electron chi connectivity index (χ0n) is 10.3. The van der Waals surface area contributed by atoms with Crippen LogP contribution in [0.4, 0.5) is 4.39 Å². The van der Waals surface area contributed by atoms with Gasteiger partial charge in [0.15, 0.2) is 0 Å². The van der Waals surface area contributed by atoms with E-state index in [0.29, 0.717) is 0 Å². The molecule has 3 nitrogen and oxygen atoms in total. The second-order valence-corrected chi connectivity index (χ2v) is 4.97. The van der Waals surface area contributed by atoms with Crippen molar-refractivity contribution in [1.82, 2.24) is 15.3 Å². The number of halogens is 1. The smallest absolute Gasteiger partial charge is 0.141 e. The molecule has 1 atom stereocenters. The highest BCUT2D eigenvalue weighted by atomic mass is 32.1. The van der Waals surface area contributed by atoms with E-state index in [0.717, 1.165) is 30.1 Å². The van der Waals surface area contributed by atoms with Gasteiger partial charge in [-0.2, -0.15) is 0 Å². The molecule has 0 radical (unpaired) electrons. The molecule has 0 aliphatic rings. The van der Waals surface area contributed by atoms with Gasteiger partial charge in [-0.15, -0.1) is 11.3 Å². The minimum atomic E-state index is -0.295. The van der Waals surface area contributed by atoms with Crippen molar-refractivity contribution in [3.63, 3.8) is 0 Å². The number of rotatable bonds is 6. The predicted molar refractivity (Wildman–Crippen MR) is 71.0 cm³/mol. The molecular formula is C13H16FN3S. The van der Waals surface area contributed by atoms with Crippen molar-refractivity contribution in [2.75, 3.05) is 6.54 Å². The molecule has 2 heterocycles. The van der Waals surface area contributed by atoms with Crippen LogP contribution in [0.25, 0.3) is 0 Å². The molecule has 0 aromatic carbocycles. The molecule has 0 bridgehead atoms. The lowest BCUT2D eigenvalue weighted by Crippen LogP contribution is -2.24. The van der Waals surface area contributed by atoms with Gasteiger partial charge in [0.1, 0.15) is 5.82 Å². The Bertz CT molecular complexity index is 456. The zero-order chi connectivity index (χ0) is 12.8. The van der Waals surface area contributed by atoms with Crippen molar-refractivity contribution >= 4 is 11.3 Å². The van der Waals surface area contributed by atoms with Crippen LogP contribution in [0.1, 0.15) is 30.1 Å². The summed E-state index contributed by atoms with van der Waals surface area (Å²) >= 11 is 1.66. The van der Waals surface area contributed by atoms with E-state index in [1.54, 1.807) is 17.4 Å². The molecular weight excluding hydrogens is 249 g/mol. The van der Waals surface area contributed by atoms with E-state index in [1.807, 2.05) is 11.6 Å². The summed E-state index contributed by atoms with van der Waals surface area (Å²) in [6.07, 6.45) is 4.92. The Kier molecular flexibility index (Phi) is 4.78. The SMILES string of the molecule is CCC(NCCc1nccs1)c1ccc(F)cn1. The van der Waals surface area contributed by atoms with Crippen LogP contribution in [-0.4, -0.2) is 16.5 Å². The standard InChI is InChI=1S/C13H16FN3S/c1-2-11(12-4-3-10(14)9-17-12)15-6-5-13-16-7-8-18-13/h3-4,7-9,11,15H,2,5-6H2,1H3. The van der Waals surface area contributed by atoms with Gasteiger partial charge in [-0.3, -0.25) is 4.98 Å². The summed E-state index contributed by atoms with van der Waals surface area (Å²) in [5.74, 6) is -0.295. The maximum Gasteiger partial charge on any atom is 0.141 e. The molecule has 1 unspecified atom stereocenters. The highest BCUT2D eigenvalue weighted by Crippen LogP contribution is 2.14. The van der Waals surface area contributed by atoms with Gasteiger partial charge in [0.05, 0.1) is 16.9 Å². The Balaban J connectivity index is 1.87. The quantitative estimate of drug-likeness (QED) is 0.872. The Morgan fingerprint density at radius 1 is 1.39 bits per heavy atom. The van der Waals surface area contributed by atoms with Crippen LogP contribution in [0.15, 0.2) is 29.9 Å². The lowest BCUT2D eigenvalue weighted by molar-refractivity contribution is 0.507. The maximum absolute atomic E-state index is 12.8. The summed E-state index contributed by atoms with van der Waals surface area (Å²) in [6.45, 7) is 2.94.